The van der Waals surface area contributed by atoms with Gasteiger partial charge in [0.1, 0.15) is 17.5 Å². The fraction of sp³-hybridized carbons (Fsp3) is 0.368. The van der Waals surface area contributed by atoms with E-state index < -0.39 is 17.5 Å². The maximum atomic E-state index is 13.4. The molecule has 26 heavy (non-hydrogen) atoms. The van der Waals surface area contributed by atoms with E-state index in [1.165, 1.54) is 31.4 Å². The first-order chi connectivity index (χ1) is 12.5. The number of carbonyl (C=O) groups is 1. The van der Waals surface area contributed by atoms with Crippen molar-refractivity contribution >= 4 is 23.1 Å². The average Bonchev–Trinajstić information content (AvgIpc) is 2.57. The van der Waals surface area contributed by atoms with E-state index in [2.05, 4.69) is 15.6 Å². The second-order valence-electron chi connectivity index (χ2n) is 6.63. The van der Waals surface area contributed by atoms with Crippen molar-refractivity contribution < 1.29 is 13.6 Å². The van der Waals surface area contributed by atoms with Gasteiger partial charge in [-0.25, -0.2) is 13.8 Å². The number of anilines is 3. The van der Waals surface area contributed by atoms with Gasteiger partial charge in [-0.15, -0.1) is 0 Å². The molecule has 0 aliphatic heterocycles. The van der Waals surface area contributed by atoms with Gasteiger partial charge in [-0.3, -0.25) is 4.79 Å². The summed E-state index contributed by atoms with van der Waals surface area (Å²) >= 11 is 0. The summed E-state index contributed by atoms with van der Waals surface area (Å²) in [6.07, 6.45) is 7.35. The van der Waals surface area contributed by atoms with E-state index >= 15 is 0 Å². The van der Waals surface area contributed by atoms with E-state index in [-0.39, 0.29) is 12.1 Å². The molecule has 2 aromatic rings. The third-order valence-electron chi connectivity index (χ3n) is 4.45. The number of hydrogen-bond donors (Lipinski definition) is 3. The molecule has 0 bridgehead atoms. The maximum Gasteiger partial charge on any atom is 0.221 e. The van der Waals surface area contributed by atoms with Crippen LogP contribution in [0.4, 0.5) is 26.0 Å². The molecule has 4 N–H and O–H groups in total. The lowest BCUT2D eigenvalue weighted by molar-refractivity contribution is -0.117. The number of carbonyl (C=O) groups excluding carboxylic acids is 1. The van der Waals surface area contributed by atoms with Crippen LogP contribution in [-0.4, -0.2) is 16.9 Å². The first kappa shape index (κ1) is 18.1. The Hall–Kier alpha value is -2.70. The van der Waals surface area contributed by atoms with Crippen molar-refractivity contribution in [3.05, 3.63) is 47.7 Å². The number of nitrogens with two attached hydrogens (primary N) is 1. The molecule has 3 rings (SSSR count). The fourth-order valence-electron chi connectivity index (χ4n) is 3.26. The number of rotatable bonds is 6. The lowest BCUT2D eigenvalue weighted by Crippen LogP contribution is -2.24. The van der Waals surface area contributed by atoms with Crippen LogP contribution < -0.4 is 16.4 Å². The van der Waals surface area contributed by atoms with Gasteiger partial charge in [0.2, 0.25) is 5.91 Å². The molecule has 138 valence electrons. The number of pyridine rings is 1. The molecule has 0 spiro atoms. The number of aromatic nitrogens is 1. The van der Waals surface area contributed by atoms with Gasteiger partial charge < -0.3 is 16.4 Å². The predicted molar refractivity (Wildman–Crippen MR) is 97.3 cm³/mol. The summed E-state index contributed by atoms with van der Waals surface area (Å²) in [5, 5.41) is 6.36. The molecule has 0 unspecified atom stereocenters. The van der Waals surface area contributed by atoms with Crippen LogP contribution in [-0.2, 0) is 11.2 Å². The summed E-state index contributed by atoms with van der Waals surface area (Å²) in [7, 11) is 0. The summed E-state index contributed by atoms with van der Waals surface area (Å²) in [5.74, 6) is -1.34. The molecule has 0 radical (unpaired) electrons. The summed E-state index contributed by atoms with van der Waals surface area (Å²) < 4.78 is 26.7. The minimum atomic E-state index is -0.668. The van der Waals surface area contributed by atoms with E-state index in [0.29, 0.717) is 17.4 Å². The second-order valence-corrected chi connectivity index (χ2v) is 6.63. The quantitative estimate of drug-likeness (QED) is 0.730. The van der Waals surface area contributed by atoms with Crippen molar-refractivity contribution in [1.29, 1.82) is 0 Å². The highest BCUT2D eigenvalue weighted by molar-refractivity contribution is 5.79. The lowest BCUT2D eigenvalue weighted by atomic mass is 9.95. The fourth-order valence-corrected chi connectivity index (χ4v) is 3.26. The van der Waals surface area contributed by atoms with Crippen molar-refractivity contribution in [2.24, 2.45) is 5.73 Å². The molecule has 0 saturated heterocycles. The second kappa shape index (κ2) is 8.12. The molecular weight excluding hydrogens is 338 g/mol. The topological polar surface area (TPSA) is 80.0 Å². The third-order valence-corrected chi connectivity index (χ3v) is 4.45. The highest BCUT2D eigenvalue weighted by atomic mass is 19.1. The molecule has 1 aliphatic carbocycles. The lowest BCUT2D eigenvalue weighted by Gasteiger charge is -2.25. The largest absolute Gasteiger partial charge is 0.382 e. The van der Waals surface area contributed by atoms with E-state index in [1.54, 1.807) is 12.3 Å². The summed E-state index contributed by atoms with van der Waals surface area (Å²) in [4.78, 5) is 15.6. The van der Waals surface area contributed by atoms with E-state index in [9.17, 15) is 13.6 Å². The van der Waals surface area contributed by atoms with E-state index in [0.717, 1.165) is 24.6 Å². The van der Waals surface area contributed by atoms with Crippen molar-refractivity contribution in [3.63, 3.8) is 0 Å². The zero-order valence-electron chi connectivity index (χ0n) is 14.4. The minimum absolute atomic E-state index is 0.0803. The first-order valence-electron chi connectivity index (χ1n) is 8.76. The van der Waals surface area contributed by atoms with Gasteiger partial charge in [-0.1, -0.05) is 19.3 Å². The molecule has 1 saturated carbocycles. The predicted octanol–water partition coefficient (Wildman–Crippen LogP) is 3.88. The molecule has 1 aromatic carbocycles. The molecule has 1 aromatic heterocycles. The minimum Gasteiger partial charge on any atom is -0.382 e. The molecular formula is C19H22F2N4O. The Balaban J connectivity index is 1.83. The molecule has 5 nitrogen and oxygen atoms in total. The van der Waals surface area contributed by atoms with Crippen molar-refractivity contribution in [2.75, 3.05) is 10.6 Å². The van der Waals surface area contributed by atoms with Crippen molar-refractivity contribution in [1.82, 2.24) is 4.98 Å². The average molecular weight is 360 g/mol. The van der Waals surface area contributed by atoms with Crippen LogP contribution in [0.1, 0.15) is 37.7 Å². The molecule has 1 fully saturated rings. The Bertz CT molecular complexity index is 771. The van der Waals surface area contributed by atoms with Gasteiger partial charge in [0.15, 0.2) is 0 Å². The number of primary amides is 1. The smallest absolute Gasteiger partial charge is 0.221 e. The molecule has 1 aliphatic rings. The van der Waals surface area contributed by atoms with Gasteiger partial charge >= 0.3 is 0 Å². The number of hydrogen-bond acceptors (Lipinski definition) is 4. The van der Waals surface area contributed by atoms with Crippen molar-refractivity contribution in [2.45, 2.75) is 44.6 Å². The van der Waals surface area contributed by atoms with Gasteiger partial charge in [0, 0.05) is 41.3 Å². The zero-order chi connectivity index (χ0) is 18.5. The monoisotopic (exact) mass is 360 g/mol. The third kappa shape index (κ3) is 4.91. The van der Waals surface area contributed by atoms with Crippen LogP contribution in [0.5, 0.6) is 0 Å². The number of benzene rings is 1. The summed E-state index contributed by atoms with van der Waals surface area (Å²) in [6, 6.07) is 5.27. The molecule has 7 heteroatoms. The Morgan fingerprint density at radius 2 is 1.81 bits per heavy atom. The van der Waals surface area contributed by atoms with E-state index in [4.69, 9.17) is 5.73 Å². The number of nitrogens with zero attached hydrogens (tertiary/aromatic N) is 1. The summed E-state index contributed by atoms with van der Waals surface area (Å²) in [5.41, 5.74) is 7.07. The van der Waals surface area contributed by atoms with Crippen LogP contribution in [0.3, 0.4) is 0 Å². The number of halogens is 2. The van der Waals surface area contributed by atoms with Crippen molar-refractivity contribution in [3.8, 4) is 0 Å². The van der Waals surface area contributed by atoms with Crippen LogP contribution in [0, 0.1) is 11.6 Å². The van der Waals surface area contributed by atoms with Crippen LogP contribution >= 0.6 is 0 Å². The van der Waals surface area contributed by atoms with Crippen LogP contribution in [0.2, 0.25) is 0 Å². The van der Waals surface area contributed by atoms with Gasteiger partial charge in [-0.2, -0.15) is 0 Å². The molecule has 1 amide bonds. The zero-order valence-corrected chi connectivity index (χ0v) is 14.4. The Labute approximate surface area is 151 Å². The number of nitrogens with one attached hydrogen (secondary N) is 2. The number of amides is 1. The summed E-state index contributed by atoms with van der Waals surface area (Å²) in [6.45, 7) is 0. The highest BCUT2D eigenvalue weighted by Gasteiger charge is 2.16. The van der Waals surface area contributed by atoms with Crippen LogP contribution in [0.25, 0.3) is 0 Å². The first-order valence-corrected chi connectivity index (χ1v) is 8.76. The Morgan fingerprint density at radius 3 is 2.46 bits per heavy atom. The van der Waals surface area contributed by atoms with Gasteiger partial charge in [0.25, 0.3) is 0 Å². The van der Waals surface area contributed by atoms with Crippen LogP contribution in [0.15, 0.2) is 30.5 Å². The Kier molecular flexibility index (Phi) is 5.65. The SMILES string of the molecule is NC(=O)Cc1cnc(Nc2cc(F)cc(F)c2)cc1NC1CCCCC1. The van der Waals surface area contributed by atoms with Gasteiger partial charge in [0.05, 0.1) is 6.42 Å². The normalized spacial score (nSPS) is 14.8. The standard InChI is InChI=1S/C19H22F2N4O/c20-13-7-14(21)9-16(8-13)25-19-10-17(12(11-23-19)6-18(22)26)24-15-4-2-1-3-5-15/h7-11,15H,1-6H2,(H2,22,26)(H2,23,24,25). The molecule has 1 heterocycles. The maximum absolute atomic E-state index is 13.4. The van der Waals surface area contributed by atoms with Gasteiger partial charge in [-0.05, 0) is 25.0 Å². The molecule has 0 atom stereocenters. The van der Waals surface area contributed by atoms with E-state index in [1.807, 2.05) is 0 Å². The Morgan fingerprint density at radius 1 is 1.12 bits per heavy atom. The highest BCUT2D eigenvalue weighted by Crippen LogP contribution is 2.27.